The molecule has 0 spiro atoms. The highest BCUT2D eigenvalue weighted by atomic mass is 14.9. The number of benzene rings is 1. The maximum absolute atomic E-state index is 4.40. The lowest BCUT2D eigenvalue weighted by Crippen LogP contribution is -1.91. The SMILES string of the molecule is Cc1ccc2cnc3ccccc3n12. The van der Waals surface area contributed by atoms with Gasteiger partial charge in [-0.05, 0) is 31.2 Å². The third kappa shape index (κ3) is 0.880. The summed E-state index contributed by atoms with van der Waals surface area (Å²) >= 11 is 0. The van der Waals surface area contributed by atoms with Crippen LogP contribution in [0.15, 0.2) is 42.6 Å². The van der Waals surface area contributed by atoms with E-state index in [0.717, 1.165) is 11.0 Å². The van der Waals surface area contributed by atoms with Crippen molar-refractivity contribution in [2.45, 2.75) is 6.92 Å². The van der Waals surface area contributed by atoms with E-state index in [9.17, 15) is 0 Å². The van der Waals surface area contributed by atoms with Crippen LogP contribution in [0.2, 0.25) is 0 Å². The minimum atomic E-state index is 1.04. The van der Waals surface area contributed by atoms with E-state index in [2.05, 4.69) is 34.5 Å². The van der Waals surface area contributed by atoms with Crippen LogP contribution in [-0.2, 0) is 0 Å². The van der Waals surface area contributed by atoms with Gasteiger partial charge in [-0.1, -0.05) is 12.1 Å². The summed E-state index contributed by atoms with van der Waals surface area (Å²) in [5.74, 6) is 0. The molecule has 2 aromatic heterocycles. The lowest BCUT2D eigenvalue weighted by atomic mass is 10.3. The molecular formula is C12H10N2. The smallest absolute Gasteiger partial charge is 0.0870 e. The van der Waals surface area contributed by atoms with Gasteiger partial charge in [-0.25, -0.2) is 0 Å². The van der Waals surface area contributed by atoms with Gasteiger partial charge in [0, 0.05) is 5.69 Å². The van der Waals surface area contributed by atoms with Gasteiger partial charge in [0.2, 0.25) is 0 Å². The van der Waals surface area contributed by atoms with E-state index in [0.29, 0.717) is 0 Å². The fraction of sp³-hybridized carbons (Fsp3) is 0.0833. The average Bonchev–Trinajstić information content (AvgIpc) is 2.61. The molecule has 2 heteroatoms. The van der Waals surface area contributed by atoms with E-state index in [4.69, 9.17) is 0 Å². The van der Waals surface area contributed by atoms with Crippen LogP contribution in [0.1, 0.15) is 5.69 Å². The Morgan fingerprint density at radius 3 is 2.86 bits per heavy atom. The van der Waals surface area contributed by atoms with Gasteiger partial charge in [-0.2, -0.15) is 0 Å². The number of hydrogen-bond acceptors (Lipinski definition) is 1. The molecule has 2 heterocycles. The van der Waals surface area contributed by atoms with Crippen molar-refractivity contribution in [3.05, 3.63) is 48.3 Å². The molecule has 3 rings (SSSR count). The predicted molar refractivity (Wildman–Crippen MR) is 57.4 cm³/mol. The number of para-hydroxylation sites is 2. The third-order valence-electron chi connectivity index (χ3n) is 2.56. The van der Waals surface area contributed by atoms with E-state index < -0.39 is 0 Å². The normalized spacial score (nSPS) is 11.2. The Morgan fingerprint density at radius 2 is 1.93 bits per heavy atom. The number of fused-ring (bicyclic) bond motifs is 3. The van der Waals surface area contributed by atoms with Gasteiger partial charge >= 0.3 is 0 Å². The van der Waals surface area contributed by atoms with Crippen molar-refractivity contribution in [3.8, 4) is 0 Å². The van der Waals surface area contributed by atoms with Crippen LogP contribution in [0.4, 0.5) is 0 Å². The third-order valence-corrected chi connectivity index (χ3v) is 2.56. The summed E-state index contributed by atoms with van der Waals surface area (Å²) in [4.78, 5) is 4.40. The number of hydrogen-bond donors (Lipinski definition) is 0. The van der Waals surface area contributed by atoms with Crippen LogP contribution in [-0.4, -0.2) is 9.38 Å². The maximum atomic E-state index is 4.40. The van der Waals surface area contributed by atoms with Crippen molar-refractivity contribution in [3.63, 3.8) is 0 Å². The molecule has 0 radical (unpaired) electrons. The van der Waals surface area contributed by atoms with Gasteiger partial charge < -0.3 is 4.40 Å². The van der Waals surface area contributed by atoms with Crippen molar-refractivity contribution in [1.82, 2.24) is 9.38 Å². The summed E-state index contributed by atoms with van der Waals surface area (Å²) in [6, 6.07) is 12.4. The molecule has 0 saturated carbocycles. The Labute approximate surface area is 81.8 Å². The van der Waals surface area contributed by atoms with Gasteiger partial charge in [0.25, 0.3) is 0 Å². The second-order valence-corrected chi connectivity index (χ2v) is 3.48. The van der Waals surface area contributed by atoms with Crippen molar-refractivity contribution in [1.29, 1.82) is 0 Å². The molecule has 0 aliphatic carbocycles. The number of aromatic nitrogens is 2. The molecule has 0 saturated heterocycles. The van der Waals surface area contributed by atoms with Crippen molar-refractivity contribution >= 4 is 16.6 Å². The lowest BCUT2D eigenvalue weighted by Gasteiger charge is -2.03. The van der Waals surface area contributed by atoms with Crippen molar-refractivity contribution < 1.29 is 0 Å². The van der Waals surface area contributed by atoms with Crippen LogP contribution in [0.25, 0.3) is 16.6 Å². The standard InChI is InChI=1S/C12H10N2/c1-9-6-7-10-8-13-11-4-2-3-5-12(11)14(9)10/h2-8H,1H3. The lowest BCUT2D eigenvalue weighted by molar-refractivity contribution is 1.15. The Kier molecular flexibility index (Phi) is 1.39. The van der Waals surface area contributed by atoms with Gasteiger partial charge in [0.05, 0.1) is 22.7 Å². The topological polar surface area (TPSA) is 17.3 Å². The minimum absolute atomic E-state index is 1.04. The molecule has 0 aliphatic heterocycles. The molecule has 0 fully saturated rings. The molecule has 0 atom stereocenters. The van der Waals surface area contributed by atoms with Crippen LogP contribution in [0.5, 0.6) is 0 Å². The summed E-state index contributed by atoms with van der Waals surface area (Å²) in [5, 5.41) is 0. The monoisotopic (exact) mass is 182 g/mol. The molecule has 3 aromatic rings. The van der Waals surface area contributed by atoms with Crippen molar-refractivity contribution in [2.24, 2.45) is 0 Å². The second-order valence-electron chi connectivity index (χ2n) is 3.48. The van der Waals surface area contributed by atoms with Crippen LogP contribution < -0.4 is 0 Å². The molecule has 0 unspecified atom stereocenters. The summed E-state index contributed by atoms with van der Waals surface area (Å²) in [6.45, 7) is 2.11. The van der Waals surface area contributed by atoms with E-state index in [1.165, 1.54) is 11.2 Å². The van der Waals surface area contributed by atoms with Gasteiger partial charge in [0.15, 0.2) is 0 Å². The Bertz CT molecular complexity index is 608. The fourth-order valence-corrected chi connectivity index (χ4v) is 1.89. The first-order chi connectivity index (χ1) is 6.86. The molecule has 0 bridgehead atoms. The van der Waals surface area contributed by atoms with Crippen LogP contribution in [0, 0.1) is 6.92 Å². The van der Waals surface area contributed by atoms with Crippen LogP contribution in [0.3, 0.4) is 0 Å². The summed E-state index contributed by atoms with van der Waals surface area (Å²) in [6.07, 6.45) is 1.91. The molecule has 0 aliphatic rings. The fourth-order valence-electron chi connectivity index (χ4n) is 1.89. The second kappa shape index (κ2) is 2.58. The molecular weight excluding hydrogens is 172 g/mol. The molecule has 1 aromatic carbocycles. The van der Waals surface area contributed by atoms with Crippen molar-refractivity contribution in [2.75, 3.05) is 0 Å². The average molecular weight is 182 g/mol. The summed E-state index contributed by atoms with van der Waals surface area (Å²) in [5.41, 5.74) is 4.62. The first kappa shape index (κ1) is 7.56. The first-order valence-corrected chi connectivity index (χ1v) is 4.68. The molecule has 14 heavy (non-hydrogen) atoms. The van der Waals surface area contributed by atoms with Gasteiger partial charge in [0.1, 0.15) is 0 Å². The highest BCUT2D eigenvalue weighted by molar-refractivity contribution is 5.78. The Morgan fingerprint density at radius 1 is 1.07 bits per heavy atom. The number of rotatable bonds is 0. The van der Waals surface area contributed by atoms with E-state index in [-0.39, 0.29) is 0 Å². The van der Waals surface area contributed by atoms with E-state index >= 15 is 0 Å². The van der Waals surface area contributed by atoms with Gasteiger partial charge in [-0.3, -0.25) is 4.98 Å². The highest BCUT2D eigenvalue weighted by Crippen LogP contribution is 2.17. The summed E-state index contributed by atoms with van der Waals surface area (Å²) in [7, 11) is 0. The van der Waals surface area contributed by atoms with Crippen LogP contribution >= 0.6 is 0 Å². The number of aryl methyl sites for hydroxylation is 1. The minimum Gasteiger partial charge on any atom is -0.311 e. The Hall–Kier alpha value is -1.83. The predicted octanol–water partition coefficient (Wildman–Crippen LogP) is 2.80. The van der Waals surface area contributed by atoms with E-state index in [1.54, 1.807) is 0 Å². The first-order valence-electron chi connectivity index (χ1n) is 4.68. The largest absolute Gasteiger partial charge is 0.311 e. The molecule has 0 N–H and O–H groups in total. The molecule has 0 amide bonds. The quantitative estimate of drug-likeness (QED) is 0.522. The van der Waals surface area contributed by atoms with Gasteiger partial charge in [-0.15, -0.1) is 0 Å². The zero-order valence-electron chi connectivity index (χ0n) is 7.94. The highest BCUT2D eigenvalue weighted by Gasteiger charge is 2.01. The number of nitrogens with zero attached hydrogens (tertiary/aromatic N) is 2. The molecule has 68 valence electrons. The maximum Gasteiger partial charge on any atom is 0.0870 e. The zero-order valence-corrected chi connectivity index (χ0v) is 7.94. The summed E-state index contributed by atoms with van der Waals surface area (Å²) < 4.78 is 2.22. The van der Waals surface area contributed by atoms with E-state index in [1.807, 2.05) is 24.4 Å². The Balaban J connectivity index is 2.65. The molecule has 2 nitrogen and oxygen atoms in total. The zero-order chi connectivity index (χ0) is 9.54.